The molecule has 4 heterocycles. The summed E-state index contributed by atoms with van der Waals surface area (Å²) in [7, 11) is 0. The molecule has 0 spiro atoms. The van der Waals surface area contributed by atoms with Crippen LogP contribution in [0.15, 0.2) is 47.6 Å². The smallest absolute Gasteiger partial charge is 0.160 e. The molecule has 0 unspecified atom stereocenters. The molecule has 3 atom stereocenters. The highest BCUT2D eigenvalue weighted by Gasteiger charge is 2.43. The minimum Gasteiger partial charge on any atom is -0.492 e. The van der Waals surface area contributed by atoms with Crippen LogP contribution >= 0.6 is 11.8 Å². The molecule has 0 bridgehead atoms. The minimum atomic E-state index is 0.00455. The van der Waals surface area contributed by atoms with Crippen molar-refractivity contribution in [1.29, 1.82) is 0 Å². The van der Waals surface area contributed by atoms with Gasteiger partial charge in [-0.3, -0.25) is 9.98 Å². The van der Waals surface area contributed by atoms with Crippen LogP contribution in [0.2, 0.25) is 0 Å². The molecule has 1 aromatic carbocycles. The largest absolute Gasteiger partial charge is 0.492 e. The van der Waals surface area contributed by atoms with E-state index in [9.17, 15) is 0 Å². The average molecular weight is 425 g/mol. The summed E-state index contributed by atoms with van der Waals surface area (Å²) in [5.41, 5.74) is 3.41. The highest BCUT2D eigenvalue weighted by Crippen LogP contribution is 2.48. The number of anilines is 1. The van der Waals surface area contributed by atoms with Crippen LogP contribution in [0.5, 0.6) is 5.75 Å². The Balaban J connectivity index is 1.52. The van der Waals surface area contributed by atoms with E-state index < -0.39 is 0 Å². The molecule has 0 amide bonds. The first-order valence-electron chi connectivity index (χ1n) is 10.8. The quantitative estimate of drug-likeness (QED) is 0.726. The summed E-state index contributed by atoms with van der Waals surface area (Å²) in [4.78, 5) is 14.5. The van der Waals surface area contributed by atoms with Crippen LogP contribution in [0, 0.1) is 0 Å². The number of morpholine rings is 1. The summed E-state index contributed by atoms with van der Waals surface area (Å²) in [5, 5.41) is 1.69. The minimum absolute atomic E-state index is 0.00455. The van der Waals surface area contributed by atoms with Crippen LogP contribution in [0.4, 0.5) is 5.69 Å². The lowest BCUT2D eigenvalue weighted by molar-refractivity contribution is 0.122. The molecule has 5 rings (SSSR count). The van der Waals surface area contributed by atoms with Crippen molar-refractivity contribution in [3.05, 3.63) is 53.9 Å². The number of fused-ring (bicyclic) bond motifs is 1. The Bertz CT molecular complexity index is 917. The van der Waals surface area contributed by atoms with Gasteiger partial charge in [-0.25, -0.2) is 0 Å². The molecule has 0 N–H and O–H groups in total. The maximum atomic E-state index is 6.10. The Morgan fingerprint density at radius 3 is 2.83 bits per heavy atom. The van der Waals surface area contributed by atoms with Gasteiger partial charge < -0.3 is 19.3 Å². The van der Waals surface area contributed by atoms with Gasteiger partial charge in [-0.1, -0.05) is 30.8 Å². The van der Waals surface area contributed by atoms with Crippen molar-refractivity contribution in [2.75, 3.05) is 44.4 Å². The number of rotatable bonds is 5. The molecule has 1 aromatic heterocycles. The third kappa shape index (κ3) is 3.65. The first-order valence-corrected chi connectivity index (χ1v) is 11.6. The number of nitrogens with zero attached hydrogens (tertiary/aromatic N) is 4. The maximum Gasteiger partial charge on any atom is 0.160 e. The summed E-state index contributed by atoms with van der Waals surface area (Å²) in [6, 6.07) is 12.9. The van der Waals surface area contributed by atoms with E-state index in [1.807, 2.05) is 37.0 Å². The van der Waals surface area contributed by atoms with Gasteiger partial charge in [-0.2, -0.15) is 0 Å². The topological polar surface area (TPSA) is 50.2 Å². The van der Waals surface area contributed by atoms with Crippen LogP contribution in [0.25, 0.3) is 0 Å². The number of benzene rings is 1. The lowest BCUT2D eigenvalue weighted by Crippen LogP contribution is -2.36. The van der Waals surface area contributed by atoms with E-state index in [1.54, 1.807) is 0 Å². The predicted octanol–water partition coefficient (Wildman–Crippen LogP) is 3.91. The average Bonchev–Trinajstić information content (AvgIpc) is 3.31. The second-order valence-corrected chi connectivity index (χ2v) is 9.30. The molecule has 0 saturated carbocycles. The Kier molecular flexibility index (Phi) is 5.56. The summed E-state index contributed by atoms with van der Waals surface area (Å²) < 4.78 is 11.6. The van der Waals surface area contributed by atoms with E-state index in [0.29, 0.717) is 11.9 Å². The van der Waals surface area contributed by atoms with Gasteiger partial charge in [0.05, 0.1) is 37.2 Å². The SMILES string of the molecule is CCOc1cc([C@H]2[C@H](c3ccccn3)N=C3S[C@@H](C)CN32)ccc1N1CCOCC1. The predicted molar refractivity (Wildman–Crippen MR) is 122 cm³/mol. The van der Waals surface area contributed by atoms with Gasteiger partial charge >= 0.3 is 0 Å². The molecular weight excluding hydrogens is 396 g/mol. The first kappa shape index (κ1) is 19.7. The normalized spacial score (nSPS) is 25.9. The molecule has 6 nitrogen and oxygen atoms in total. The molecule has 0 radical (unpaired) electrons. The van der Waals surface area contributed by atoms with Crippen LogP contribution < -0.4 is 9.64 Å². The summed E-state index contributed by atoms with van der Waals surface area (Å²) in [5.74, 6) is 0.949. The van der Waals surface area contributed by atoms with Gasteiger partial charge in [0.25, 0.3) is 0 Å². The molecule has 3 aliphatic heterocycles. The Labute approximate surface area is 182 Å². The van der Waals surface area contributed by atoms with Crippen molar-refractivity contribution in [3.63, 3.8) is 0 Å². The number of amidine groups is 1. The third-order valence-electron chi connectivity index (χ3n) is 5.86. The molecule has 2 aromatic rings. The molecule has 7 heteroatoms. The Hall–Kier alpha value is -2.25. The molecule has 2 fully saturated rings. The van der Waals surface area contributed by atoms with Gasteiger partial charge in [0.15, 0.2) is 5.17 Å². The fourth-order valence-corrected chi connectivity index (χ4v) is 5.62. The molecule has 3 aliphatic rings. The summed E-state index contributed by atoms with van der Waals surface area (Å²) >= 11 is 1.87. The lowest BCUT2D eigenvalue weighted by Gasteiger charge is -2.32. The zero-order valence-electron chi connectivity index (χ0n) is 17.5. The number of aliphatic imine (C=N–C) groups is 1. The fourth-order valence-electron chi connectivity index (χ4n) is 4.53. The molecular formula is C23H28N4O2S. The van der Waals surface area contributed by atoms with E-state index in [-0.39, 0.29) is 12.1 Å². The van der Waals surface area contributed by atoms with Gasteiger partial charge in [-0.05, 0) is 36.8 Å². The van der Waals surface area contributed by atoms with E-state index >= 15 is 0 Å². The van der Waals surface area contributed by atoms with Gasteiger partial charge in [-0.15, -0.1) is 0 Å². The number of hydrogen-bond donors (Lipinski definition) is 0. The van der Waals surface area contributed by atoms with Crippen molar-refractivity contribution in [3.8, 4) is 5.75 Å². The van der Waals surface area contributed by atoms with E-state index in [2.05, 4.69) is 46.0 Å². The summed E-state index contributed by atoms with van der Waals surface area (Å²) in [6.07, 6.45) is 1.86. The highest BCUT2D eigenvalue weighted by atomic mass is 32.2. The first-order chi connectivity index (χ1) is 14.7. The number of aromatic nitrogens is 1. The van der Waals surface area contributed by atoms with Gasteiger partial charge in [0, 0.05) is 31.1 Å². The van der Waals surface area contributed by atoms with E-state index in [1.165, 1.54) is 5.56 Å². The van der Waals surface area contributed by atoms with Crippen molar-refractivity contribution in [2.24, 2.45) is 4.99 Å². The third-order valence-corrected chi connectivity index (χ3v) is 6.96. The highest BCUT2D eigenvalue weighted by molar-refractivity contribution is 8.14. The molecule has 30 heavy (non-hydrogen) atoms. The Morgan fingerprint density at radius 1 is 1.20 bits per heavy atom. The molecule has 2 saturated heterocycles. The second kappa shape index (κ2) is 8.47. The second-order valence-electron chi connectivity index (χ2n) is 7.90. The van der Waals surface area contributed by atoms with Gasteiger partial charge in [0.1, 0.15) is 11.8 Å². The van der Waals surface area contributed by atoms with Crippen molar-refractivity contribution < 1.29 is 9.47 Å². The van der Waals surface area contributed by atoms with Crippen molar-refractivity contribution in [1.82, 2.24) is 9.88 Å². The zero-order chi connectivity index (χ0) is 20.5. The van der Waals surface area contributed by atoms with E-state index in [0.717, 1.165) is 55.1 Å². The number of thioether (sulfide) groups is 1. The molecule has 0 aliphatic carbocycles. The monoisotopic (exact) mass is 424 g/mol. The van der Waals surface area contributed by atoms with Crippen LogP contribution in [0.3, 0.4) is 0 Å². The van der Waals surface area contributed by atoms with Gasteiger partial charge in [0.2, 0.25) is 0 Å². The lowest BCUT2D eigenvalue weighted by atomic mass is 9.95. The van der Waals surface area contributed by atoms with Crippen LogP contribution in [-0.2, 0) is 4.74 Å². The van der Waals surface area contributed by atoms with E-state index in [4.69, 9.17) is 14.5 Å². The standard InChI is InChI=1S/C23H28N4O2S/c1-3-29-20-14-17(7-8-19(20)26-10-12-28-13-11-26)22-21(18-6-4-5-9-24-18)25-23-27(22)15-16(2)30-23/h4-9,14,16,21-22H,3,10-13,15H2,1-2H3/t16-,21-,22-/m0/s1. The van der Waals surface area contributed by atoms with Crippen molar-refractivity contribution in [2.45, 2.75) is 31.2 Å². The Morgan fingerprint density at radius 2 is 2.07 bits per heavy atom. The number of ether oxygens (including phenoxy) is 2. The fraction of sp³-hybridized carbons (Fsp3) is 0.478. The molecule has 158 valence electrons. The zero-order valence-corrected chi connectivity index (χ0v) is 18.3. The van der Waals surface area contributed by atoms with Crippen LogP contribution in [-0.4, -0.2) is 59.8 Å². The van der Waals surface area contributed by atoms with Crippen LogP contribution in [0.1, 0.15) is 37.2 Å². The van der Waals surface area contributed by atoms with Crippen molar-refractivity contribution >= 4 is 22.6 Å². The number of hydrogen-bond acceptors (Lipinski definition) is 7. The number of pyridine rings is 1. The summed E-state index contributed by atoms with van der Waals surface area (Å²) in [6.45, 7) is 9.28. The maximum absolute atomic E-state index is 6.10.